The van der Waals surface area contributed by atoms with Crippen LogP contribution in [0.3, 0.4) is 0 Å². The lowest BCUT2D eigenvalue weighted by molar-refractivity contribution is 0.376. The van der Waals surface area contributed by atoms with Gasteiger partial charge in [0.15, 0.2) is 0 Å². The van der Waals surface area contributed by atoms with Crippen molar-refractivity contribution < 1.29 is 0 Å². The molecule has 1 atom stereocenters. The van der Waals surface area contributed by atoms with Crippen molar-refractivity contribution in [1.29, 1.82) is 0 Å². The fraction of sp³-hybridized carbons (Fsp3) is 1.00. The molecule has 0 aliphatic carbocycles. The smallest absolute Gasteiger partial charge is 0.00149 e. The van der Waals surface area contributed by atoms with Crippen molar-refractivity contribution in [2.24, 2.45) is 5.92 Å². The molecule has 1 unspecified atom stereocenters. The summed E-state index contributed by atoms with van der Waals surface area (Å²) in [4.78, 5) is 0. The van der Waals surface area contributed by atoms with Crippen LogP contribution in [0.25, 0.3) is 0 Å². The summed E-state index contributed by atoms with van der Waals surface area (Å²) in [6.45, 7) is 3.57. The number of hydrogen-bond acceptors (Lipinski definition) is 2. The van der Waals surface area contributed by atoms with E-state index in [9.17, 15) is 0 Å². The van der Waals surface area contributed by atoms with E-state index >= 15 is 0 Å². The first-order valence-electron chi connectivity index (χ1n) is 3.57. The highest BCUT2D eigenvalue weighted by Gasteiger charge is 2.10. The molecule has 1 rings (SSSR count). The zero-order valence-corrected chi connectivity index (χ0v) is 6.84. The molecule has 0 spiro atoms. The molecule has 2 nitrogen and oxygen atoms in total. The molecule has 0 aromatic carbocycles. The van der Waals surface area contributed by atoms with E-state index in [2.05, 4.69) is 19.8 Å². The summed E-state index contributed by atoms with van der Waals surface area (Å²) < 4.78 is 0. The predicted octanol–water partition coefficient (Wildman–Crippen LogP) is 0.366. The minimum atomic E-state index is 0.906. The van der Waals surface area contributed by atoms with Crippen LogP contribution in [0, 0.1) is 5.92 Å². The van der Waals surface area contributed by atoms with Crippen molar-refractivity contribution in [3.05, 3.63) is 0 Å². The van der Waals surface area contributed by atoms with E-state index < -0.39 is 0 Å². The zero-order valence-electron chi connectivity index (χ0n) is 5.69. The van der Waals surface area contributed by atoms with Gasteiger partial charge >= 0.3 is 0 Å². The molecule has 0 aromatic heterocycles. The highest BCUT2D eigenvalue weighted by atomic mass is 31.0. The molecule has 3 heteroatoms. The van der Waals surface area contributed by atoms with Crippen molar-refractivity contribution >= 4 is 9.39 Å². The molecule has 1 aliphatic rings. The maximum Gasteiger partial charge on any atom is 0.00149 e. The Balaban J connectivity index is 2.08. The van der Waals surface area contributed by atoms with Crippen LogP contribution < -0.4 is 10.4 Å². The summed E-state index contributed by atoms with van der Waals surface area (Å²) in [5.74, 6) is 0.906. The van der Waals surface area contributed by atoms with Gasteiger partial charge in [0.05, 0.1) is 0 Å². The van der Waals surface area contributed by atoms with E-state index in [-0.39, 0.29) is 0 Å². The van der Waals surface area contributed by atoms with E-state index in [1.807, 2.05) is 0 Å². The summed E-state index contributed by atoms with van der Waals surface area (Å²) >= 11 is 0. The van der Waals surface area contributed by atoms with Crippen LogP contribution in [0.15, 0.2) is 0 Å². The number of piperidine rings is 1. The van der Waals surface area contributed by atoms with Gasteiger partial charge in [-0.25, -0.2) is 0 Å². The Kier molecular flexibility index (Phi) is 3.49. The molecule has 1 heterocycles. The lowest BCUT2D eigenvalue weighted by Crippen LogP contribution is -2.31. The highest BCUT2D eigenvalue weighted by molar-refractivity contribution is 7.13. The SMILES string of the molecule is PNCC1CCNCC1. The Bertz CT molecular complexity index is 68.7. The standard InChI is InChI=1S/C6H15N2P/c9-8-5-6-1-3-7-4-2-6/h6-8H,1-5,9H2. The van der Waals surface area contributed by atoms with Crippen LogP contribution in [0.4, 0.5) is 0 Å². The lowest BCUT2D eigenvalue weighted by atomic mass is 9.99. The number of rotatable bonds is 2. The molecule has 0 aromatic rings. The number of hydrogen-bond donors (Lipinski definition) is 2. The molecule has 1 aliphatic heterocycles. The number of nitrogens with one attached hydrogen (secondary N) is 2. The van der Waals surface area contributed by atoms with Crippen LogP contribution >= 0.6 is 9.39 Å². The van der Waals surface area contributed by atoms with Gasteiger partial charge in [0, 0.05) is 6.54 Å². The molecular weight excluding hydrogens is 131 g/mol. The van der Waals surface area contributed by atoms with Gasteiger partial charge in [-0.05, 0) is 31.8 Å². The van der Waals surface area contributed by atoms with Crippen molar-refractivity contribution in [1.82, 2.24) is 10.4 Å². The third-order valence-electron chi connectivity index (χ3n) is 1.87. The van der Waals surface area contributed by atoms with Crippen molar-refractivity contribution in [2.75, 3.05) is 19.6 Å². The molecular formula is C6H15N2P. The van der Waals surface area contributed by atoms with Gasteiger partial charge in [0.1, 0.15) is 0 Å². The minimum Gasteiger partial charge on any atom is -0.317 e. The van der Waals surface area contributed by atoms with Crippen LogP contribution in [0.1, 0.15) is 12.8 Å². The van der Waals surface area contributed by atoms with Gasteiger partial charge in [-0.2, -0.15) is 0 Å². The largest absolute Gasteiger partial charge is 0.317 e. The molecule has 0 bridgehead atoms. The molecule has 0 amide bonds. The van der Waals surface area contributed by atoms with E-state index in [0.717, 1.165) is 12.5 Å². The Morgan fingerprint density at radius 1 is 1.44 bits per heavy atom. The maximum absolute atomic E-state index is 3.34. The fourth-order valence-electron chi connectivity index (χ4n) is 1.25. The van der Waals surface area contributed by atoms with E-state index in [1.165, 1.54) is 25.9 Å². The quantitative estimate of drug-likeness (QED) is 0.550. The topological polar surface area (TPSA) is 24.1 Å². The summed E-state index contributed by atoms with van der Waals surface area (Å²) in [5.41, 5.74) is 0. The van der Waals surface area contributed by atoms with Gasteiger partial charge in [-0.15, -0.1) is 0 Å². The first-order valence-corrected chi connectivity index (χ1v) is 4.15. The van der Waals surface area contributed by atoms with Gasteiger partial charge in [-0.3, -0.25) is 0 Å². The van der Waals surface area contributed by atoms with Crippen molar-refractivity contribution in [3.8, 4) is 0 Å². The van der Waals surface area contributed by atoms with Gasteiger partial charge < -0.3 is 10.4 Å². The van der Waals surface area contributed by atoms with E-state index in [0.29, 0.717) is 0 Å². The van der Waals surface area contributed by atoms with Gasteiger partial charge in [-0.1, -0.05) is 9.39 Å². The monoisotopic (exact) mass is 146 g/mol. The zero-order chi connectivity index (χ0) is 6.53. The molecule has 1 saturated heterocycles. The molecule has 54 valence electrons. The lowest BCUT2D eigenvalue weighted by Gasteiger charge is -2.21. The normalized spacial score (nSPS) is 22.3. The summed E-state index contributed by atoms with van der Waals surface area (Å²) in [7, 11) is 2.56. The first-order chi connectivity index (χ1) is 4.43. The fourth-order valence-corrected chi connectivity index (χ4v) is 1.59. The van der Waals surface area contributed by atoms with Gasteiger partial charge in [0.2, 0.25) is 0 Å². The second kappa shape index (κ2) is 4.21. The highest BCUT2D eigenvalue weighted by Crippen LogP contribution is 2.09. The Morgan fingerprint density at radius 3 is 2.67 bits per heavy atom. The second-order valence-electron chi connectivity index (χ2n) is 2.60. The Labute approximate surface area is 59.0 Å². The van der Waals surface area contributed by atoms with Crippen molar-refractivity contribution in [3.63, 3.8) is 0 Å². The molecule has 2 N–H and O–H groups in total. The van der Waals surface area contributed by atoms with Crippen LogP contribution in [0.5, 0.6) is 0 Å². The third kappa shape index (κ3) is 2.61. The van der Waals surface area contributed by atoms with Crippen molar-refractivity contribution in [2.45, 2.75) is 12.8 Å². The van der Waals surface area contributed by atoms with E-state index in [4.69, 9.17) is 0 Å². The molecule has 9 heavy (non-hydrogen) atoms. The van der Waals surface area contributed by atoms with Gasteiger partial charge in [0.25, 0.3) is 0 Å². The molecule has 0 radical (unpaired) electrons. The Hall–Kier alpha value is 0.350. The summed E-state index contributed by atoms with van der Waals surface area (Å²) in [6.07, 6.45) is 2.67. The summed E-state index contributed by atoms with van der Waals surface area (Å²) in [6, 6.07) is 0. The predicted molar refractivity (Wildman–Crippen MR) is 43.3 cm³/mol. The molecule has 0 saturated carbocycles. The second-order valence-corrected chi connectivity index (χ2v) is 3.01. The van der Waals surface area contributed by atoms with Crippen LogP contribution in [-0.4, -0.2) is 19.6 Å². The third-order valence-corrected chi connectivity index (χ3v) is 2.10. The van der Waals surface area contributed by atoms with Crippen LogP contribution in [-0.2, 0) is 0 Å². The Morgan fingerprint density at radius 2 is 2.11 bits per heavy atom. The first kappa shape index (κ1) is 7.46. The average molecular weight is 146 g/mol. The average Bonchev–Trinajstić information content (AvgIpc) is 1.91. The maximum atomic E-state index is 3.34. The summed E-state index contributed by atoms with van der Waals surface area (Å²) in [5, 5.41) is 6.46. The molecule has 1 fully saturated rings. The minimum absolute atomic E-state index is 0.906. The van der Waals surface area contributed by atoms with Crippen LogP contribution in [0.2, 0.25) is 0 Å². The van der Waals surface area contributed by atoms with E-state index in [1.54, 1.807) is 0 Å².